The largest absolute Gasteiger partial charge is 0.497 e. The first kappa shape index (κ1) is 15.5. The predicted octanol–water partition coefficient (Wildman–Crippen LogP) is 5.13. The van der Waals surface area contributed by atoms with Gasteiger partial charge in [0.15, 0.2) is 0 Å². The molecule has 3 aromatic carbocycles. The van der Waals surface area contributed by atoms with E-state index in [1.54, 1.807) is 24.3 Å². The molecule has 0 amide bonds. The van der Waals surface area contributed by atoms with Gasteiger partial charge in [-0.1, -0.05) is 6.07 Å². The molecule has 0 aliphatic carbocycles. The van der Waals surface area contributed by atoms with E-state index in [4.69, 9.17) is 9.15 Å². The summed E-state index contributed by atoms with van der Waals surface area (Å²) in [7, 11) is 1.51. The Bertz CT molecular complexity index is 1190. The molecule has 0 saturated carbocycles. The number of methoxy groups -OCH3 is 1. The number of benzene rings is 3. The fraction of sp³-hybridized carbons (Fsp3) is 0.105. The van der Waals surface area contributed by atoms with Gasteiger partial charge in [-0.05, 0) is 47.2 Å². The number of hydrogen-bond donors (Lipinski definition) is 0. The highest BCUT2D eigenvalue weighted by Gasteiger charge is 2.30. The molecule has 25 heavy (non-hydrogen) atoms. The van der Waals surface area contributed by atoms with Crippen LogP contribution in [-0.2, 0) is 6.18 Å². The molecule has 1 heterocycles. The fourth-order valence-electron chi connectivity index (χ4n) is 2.88. The van der Waals surface area contributed by atoms with Gasteiger partial charge < -0.3 is 9.15 Å². The molecule has 0 radical (unpaired) electrons. The summed E-state index contributed by atoms with van der Waals surface area (Å²) in [5.74, 6) is 0.547. The Morgan fingerprint density at radius 1 is 0.880 bits per heavy atom. The van der Waals surface area contributed by atoms with Crippen LogP contribution in [0.15, 0.2) is 57.7 Å². The first-order chi connectivity index (χ1) is 11.9. The number of ether oxygens (including phenoxy) is 1. The summed E-state index contributed by atoms with van der Waals surface area (Å²) in [6, 6.07) is 11.2. The highest BCUT2D eigenvalue weighted by atomic mass is 19.4. The minimum atomic E-state index is -4.44. The number of alkyl halides is 3. The SMILES string of the molecule is COc1ccc2c(=O)c3cc4cc(C(F)(F)F)ccc4cc3oc2c1. The van der Waals surface area contributed by atoms with Gasteiger partial charge in [0.05, 0.1) is 23.4 Å². The van der Waals surface area contributed by atoms with E-state index >= 15 is 0 Å². The lowest BCUT2D eigenvalue weighted by atomic mass is 10.0. The second-order valence-corrected chi connectivity index (χ2v) is 5.70. The Morgan fingerprint density at radius 3 is 2.36 bits per heavy atom. The first-order valence-corrected chi connectivity index (χ1v) is 7.42. The molecule has 0 unspecified atom stereocenters. The topological polar surface area (TPSA) is 39.4 Å². The lowest BCUT2D eigenvalue weighted by Gasteiger charge is -2.09. The van der Waals surface area contributed by atoms with Crippen LogP contribution in [0.1, 0.15) is 5.56 Å². The summed E-state index contributed by atoms with van der Waals surface area (Å²) in [6.45, 7) is 0. The van der Waals surface area contributed by atoms with Crippen molar-refractivity contribution >= 4 is 32.7 Å². The highest BCUT2D eigenvalue weighted by Crippen LogP contribution is 2.33. The maximum atomic E-state index is 12.9. The molecule has 0 atom stereocenters. The Morgan fingerprint density at radius 2 is 1.64 bits per heavy atom. The van der Waals surface area contributed by atoms with Gasteiger partial charge in [0.1, 0.15) is 16.9 Å². The van der Waals surface area contributed by atoms with Crippen LogP contribution >= 0.6 is 0 Å². The number of hydrogen-bond acceptors (Lipinski definition) is 3. The van der Waals surface area contributed by atoms with Crippen molar-refractivity contribution in [3.8, 4) is 5.75 Å². The molecule has 0 spiro atoms. The molecule has 0 aliphatic rings. The molecule has 126 valence electrons. The van der Waals surface area contributed by atoms with Crippen LogP contribution in [-0.4, -0.2) is 7.11 Å². The zero-order valence-electron chi connectivity index (χ0n) is 13.0. The van der Waals surface area contributed by atoms with Crippen LogP contribution in [0.4, 0.5) is 13.2 Å². The average molecular weight is 344 g/mol. The Labute approximate surface area is 139 Å². The van der Waals surface area contributed by atoms with E-state index in [9.17, 15) is 18.0 Å². The molecule has 0 N–H and O–H groups in total. The van der Waals surface area contributed by atoms with E-state index in [0.717, 1.165) is 12.1 Å². The van der Waals surface area contributed by atoms with Gasteiger partial charge in [0.25, 0.3) is 0 Å². The van der Waals surface area contributed by atoms with E-state index in [1.807, 2.05) is 0 Å². The van der Waals surface area contributed by atoms with Crippen molar-refractivity contribution in [2.45, 2.75) is 6.18 Å². The highest BCUT2D eigenvalue weighted by molar-refractivity contribution is 5.99. The van der Waals surface area contributed by atoms with Crippen molar-refractivity contribution < 1.29 is 22.3 Å². The van der Waals surface area contributed by atoms with E-state index < -0.39 is 11.7 Å². The predicted molar refractivity (Wildman–Crippen MR) is 89.1 cm³/mol. The Kier molecular flexibility index (Phi) is 3.25. The lowest BCUT2D eigenvalue weighted by Crippen LogP contribution is -2.05. The second-order valence-electron chi connectivity index (χ2n) is 5.70. The summed E-state index contributed by atoms with van der Waals surface area (Å²) < 4.78 is 49.6. The smallest absolute Gasteiger partial charge is 0.416 e. The van der Waals surface area contributed by atoms with Gasteiger partial charge in [-0.25, -0.2) is 0 Å². The molecule has 1 aromatic heterocycles. The number of halogens is 3. The number of rotatable bonds is 1. The summed E-state index contributed by atoms with van der Waals surface area (Å²) >= 11 is 0. The van der Waals surface area contributed by atoms with E-state index in [0.29, 0.717) is 33.1 Å². The van der Waals surface area contributed by atoms with Gasteiger partial charge in [-0.2, -0.15) is 13.2 Å². The summed E-state index contributed by atoms with van der Waals surface area (Å²) in [6.07, 6.45) is -4.44. The monoisotopic (exact) mass is 344 g/mol. The molecule has 4 aromatic rings. The van der Waals surface area contributed by atoms with Crippen molar-refractivity contribution in [3.05, 3.63) is 64.3 Å². The maximum Gasteiger partial charge on any atom is 0.416 e. The average Bonchev–Trinajstić information content (AvgIpc) is 2.59. The van der Waals surface area contributed by atoms with Gasteiger partial charge in [-0.15, -0.1) is 0 Å². The summed E-state index contributed by atoms with van der Waals surface area (Å²) in [5.41, 5.74) is -0.367. The van der Waals surface area contributed by atoms with Crippen LogP contribution in [0, 0.1) is 0 Å². The maximum absolute atomic E-state index is 12.9. The van der Waals surface area contributed by atoms with Crippen LogP contribution < -0.4 is 10.2 Å². The number of fused-ring (bicyclic) bond motifs is 3. The standard InChI is InChI=1S/C19H11F3O3/c1-24-13-4-5-14-17(9-13)25-16-8-10-2-3-12(19(20,21)22)6-11(10)7-15(16)18(14)23/h2-9H,1H3. The minimum absolute atomic E-state index is 0.240. The zero-order valence-corrected chi connectivity index (χ0v) is 13.0. The summed E-state index contributed by atoms with van der Waals surface area (Å²) in [4.78, 5) is 12.7. The van der Waals surface area contributed by atoms with Crippen LogP contribution in [0.25, 0.3) is 32.7 Å². The molecule has 0 saturated heterocycles. The van der Waals surface area contributed by atoms with E-state index in [-0.39, 0.29) is 10.8 Å². The van der Waals surface area contributed by atoms with E-state index in [1.165, 1.54) is 19.2 Å². The molecule has 0 fully saturated rings. The normalized spacial score (nSPS) is 12.2. The second kappa shape index (κ2) is 5.24. The van der Waals surface area contributed by atoms with Crippen LogP contribution in [0.5, 0.6) is 5.75 Å². The van der Waals surface area contributed by atoms with E-state index in [2.05, 4.69) is 0 Å². The summed E-state index contributed by atoms with van der Waals surface area (Å²) in [5, 5.41) is 1.48. The molecule has 4 rings (SSSR count). The van der Waals surface area contributed by atoms with Crippen LogP contribution in [0.3, 0.4) is 0 Å². The third-order valence-corrected chi connectivity index (χ3v) is 4.16. The van der Waals surface area contributed by atoms with Crippen LogP contribution in [0.2, 0.25) is 0 Å². The van der Waals surface area contributed by atoms with Crippen molar-refractivity contribution in [2.24, 2.45) is 0 Å². The third kappa shape index (κ3) is 2.50. The van der Waals surface area contributed by atoms with Gasteiger partial charge in [-0.3, -0.25) is 4.79 Å². The molecule has 0 bridgehead atoms. The third-order valence-electron chi connectivity index (χ3n) is 4.16. The fourth-order valence-corrected chi connectivity index (χ4v) is 2.88. The molecule has 6 heteroatoms. The Balaban J connectivity index is 2.06. The van der Waals surface area contributed by atoms with Crippen molar-refractivity contribution in [3.63, 3.8) is 0 Å². The molecule has 0 aliphatic heterocycles. The molecule has 3 nitrogen and oxygen atoms in total. The van der Waals surface area contributed by atoms with Crippen molar-refractivity contribution in [1.82, 2.24) is 0 Å². The van der Waals surface area contributed by atoms with Gasteiger partial charge >= 0.3 is 6.18 Å². The molecular weight excluding hydrogens is 333 g/mol. The minimum Gasteiger partial charge on any atom is -0.497 e. The zero-order chi connectivity index (χ0) is 17.8. The molecular formula is C19H11F3O3. The Hall–Kier alpha value is -3.02. The van der Waals surface area contributed by atoms with Crippen molar-refractivity contribution in [2.75, 3.05) is 7.11 Å². The van der Waals surface area contributed by atoms with Crippen molar-refractivity contribution in [1.29, 1.82) is 0 Å². The van der Waals surface area contributed by atoms with Gasteiger partial charge in [0.2, 0.25) is 5.43 Å². The first-order valence-electron chi connectivity index (χ1n) is 7.42. The quantitative estimate of drug-likeness (QED) is 0.450. The lowest BCUT2D eigenvalue weighted by molar-refractivity contribution is -0.137. The van der Waals surface area contributed by atoms with Gasteiger partial charge in [0, 0.05) is 6.07 Å².